The second-order valence-corrected chi connectivity index (χ2v) is 6.58. The van der Waals surface area contributed by atoms with Crippen molar-refractivity contribution >= 4 is 9.63 Å². The third-order valence-electron chi connectivity index (χ3n) is 2.02. The Balaban J connectivity index is 6.29. The van der Waals surface area contributed by atoms with Crippen molar-refractivity contribution in [3.05, 3.63) is 0 Å². The molecule has 0 atom stereocenters. The lowest BCUT2D eigenvalue weighted by atomic mass is 10.1. The quantitative estimate of drug-likeness (QED) is 0.703. The number of hydrogen-bond donors (Lipinski definition) is 0. The Kier molecular flexibility index (Phi) is 4.46. The molecule has 0 saturated carbocycles. The molecule has 0 rings (SSSR count). The number of rotatable bonds is 4. The molecule has 0 unspecified atom stereocenters. The van der Waals surface area contributed by atoms with Crippen molar-refractivity contribution in [2.75, 3.05) is 5.75 Å². The Bertz CT molecular complexity index is 496. The minimum atomic E-state index is -9.53. The molecule has 0 amide bonds. The van der Waals surface area contributed by atoms with E-state index in [9.17, 15) is 66.0 Å². The minimum Gasteiger partial charge on any atom is -0.794 e. The Morgan fingerprint density at radius 2 is 1.00 bits per heavy atom. The summed E-state index contributed by atoms with van der Waals surface area (Å²) in [6.07, 6.45) is -13.9. The monoisotopic (exact) mass is 382 g/mol. The highest BCUT2D eigenvalue weighted by atomic mass is 32.3. The van der Waals surface area contributed by atoms with E-state index in [1.807, 2.05) is 0 Å². The van der Waals surface area contributed by atoms with Crippen LogP contribution in [-0.4, -0.2) is 48.5 Å². The van der Waals surface area contributed by atoms with E-state index in [4.69, 9.17) is 0 Å². The molecule has 0 aliphatic carbocycles. The number of hydrogen-bond acceptors (Lipinski definition) is 3. The van der Waals surface area contributed by atoms with Crippen LogP contribution < -0.4 is 0 Å². The van der Waals surface area contributed by atoms with Crippen LogP contribution in [0.1, 0.15) is 0 Å². The molecule has 0 N–H and O–H groups in total. The van der Waals surface area contributed by atoms with Gasteiger partial charge in [-0.25, -0.2) is 0 Å². The van der Waals surface area contributed by atoms with Gasteiger partial charge in [0.2, 0.25) is 0 Å². The fraction of sp³-hybridized carbons (Fsp3) is 1.00. The Labute approximate surface area is 112 Å². The van der Waals surface area contributed by atoms with Crippen LogP contribution in [0.2, 0.25) is 0 Å². The molecule has 0 spiro atoms. The molecular formula is C6H2F12O3S-2. The van der Waals surface area contributed by atoms with Gasteiger partial charge in [-0.1, -0.05) is 0 Å². The zero-order chi connectivity index (χ0) is 18.7. The van der Waals surface area contributed by atoms with Crippen LogP contribution in [0.25, 0.3) is 0 Å². The number of sulfone groups is 3. The predicted octanol–water partition coefficient (Wildman–Crippen LogP) is 3.06. The maximum Gasteiger partial charge on any atom is 0.460 e. The van der Waals surface area contributed by atoms with Crippen LogP contribution in [0.5, 0.6) is 0 Å². The summed E-state index contributed by atoms with van der Waals surface area (Å²) < 4.78 is 177. The van der Waals surface area contributed by atoms with Gasteiger partial charge in [0.1, 0.15) is 0 Å². The van der Waals surface area contributed by atoms with Crippen molar-refractivity contribution < 1.29 is 66.0 Å². The van der Waals surface area contributed by atoms with Gasteiger partial charge < -0.3 is 13.3 Å². The SMILES string of the molecule is O=S([O-])([O-])(CC(F)(F)F)C(F)(F)C(F)(F)C(F)(F)C(F)(F)F. The summed E-state index contributed by atoms with van der Waals surface area (Å²) in [6, 6.07) is 0. The Morgan fingerprint density at radius 1 is 0.682 bits per heavy atom. The van der Waals surface area contributed by atoms with Gasteiger partial charge in [0.05, 0.1) is 5.75 Å². The molecule has 16 heteroatoms. The van der Waals surface area contributed by atoms with Crippen LogP contribution in [0.4, 0.5) is 52.7 Å². The van der Waals surface area contributed by atoms with Crippen molar-refractivity contribution in [1.29, 1.82) is 0 Å². The molecule has 0 bridgehead atoms. The van der Waals surface area contributed by atoms with Crippen molar-refractivity contribution in [2.45, 2.75) is 29.5 Å². The third-order valence-corrected chi connectivity index (χ3v) is 4.10. The zero-order valence-corrected chi connectivity index (χ0v) is 10.2. The maximum atomic E-state index is 12.8. The molecule has 0 aliphatic heterocycles. The van der Waals surface area contributed by atoms with E-state index in [-0.39, 0.29) is 0 Å². The van der Waals surface area contributed by atoms with E-state index in [2.05, 4.69) is 0 Å². The topological polar surface area (TPSA) is 63.2 Å². The van der Waals surface area contributed by atoms with Crippen molar-refractivity contribution in [3.8, 4) is 0 Å². The van der Waals surface area contributed by atoms with Gasteiger partial charge >= 0.3 is 29.5 Å². The highest BCUT2D eigenvalue weighted by Gasteiger charge is 2.84. The van der Waals surface area contributed by atoms with Gasteiger partial charge in [-0.3, -0.25) is 0 Å². The molecule has 0 aromatic carbocycles. The fourth-order valence-corrected chi connectivity index (χ4v) is 2.35. The van der Waals surface area contributed by atoms with Gasteiger partial charge in [0.25, 0.3) is 0 Å². The Hall–Kier alpha value is -0.770. The predicted molar refractivity (Wildman–Crippen MR) is 41.5 cm³/mol. The molecule has 0 radical (unpaired) electrons. The van der Waals surface area contributed by atoms with Gasteiger partial charge in [0, 0.05) is 0 Å². The summed E-state index contributed by atoms with van der Waals surface area (Å²) in [4.78, 5) is 0. The second kappa shape index (κ2) is 4.62. The molecule has 136 valence electrons. The maximum absolute atomic E-state index is 12.8. The smallest absolute Gasteiger partial charge is 0.460 e. The largest absolute Gasteiger partial charge is 0.794 e. The third kappa shape index (κ3) is 3.12. The van der Waals surface area contributed by atoms with E-state index < -0.39 is 44.8 Å². The highest BCUT2D eigenvalue weighted by Crippen LogP contribution is 2.59. The number of alkyl halides is 12. The summed E-state index contributed by atoms with van der Waals surface area (Å²) in [5.41, 5.74) is 0. The minimum absolute atomic E-state index is 4.28. The first-order chi connectivity index (χ1) is 8.99. The second-order valence-electron chi connectivity index (χ2n) is 3.87. The molecule has 0 aromatic heterocycles. The van der Waals surface area contributed by atoms with E-state index >= 15 is 0 Å². The average Bonchev–Trinajstić information content (AvgIpc) is 2.09. The molecular weight excluding hydrogens is 380 g/mol. The zero-order valence-electron chi connectivity index (χ0n) is 9.38. The Morgan fingerprint density at radius 3 is 1.23 bits per heavy atom. The van der Waals surface area contributed by atoms with Crippen LogP contribution in [-0.2, 0) is 9.63 Å². The standard InChI is InChI=1S/C6H4F12O3S/c7-2(8,9)1-22(19,20,21)6(17,18)4(12,13)3(10,11)5(14,15)16/h1H2,(H2,19,20,21)/p-2. The van der Waals surface area contributed by atoms with Gasteiger partial charge in [0.15, 0.2) is 0 Å². The normalized spacial score (nSPS) is 18.0. The first-order valence-electron chi connectivity index (χ1n) is 4.36. The molecule has 0 heterocycles. The summed E-state index contributed by atoms with van der Waals surface area (Å²) >= 11 is 0. The summed E-state index contributed by atoms with van der Waals surface area (Å²) in [6.45, 7) is 0. The molecule has 0 saturated heterocycles. The van der Waals surface area contributed by atoms with E-state index in [0.717, 1.165) is 0 Å². The van der Waals surface area contributed by atoms with E-state index in [1.165, 1.54) is 0 Å². The lowest BCUT2D eigenvalue weighted by Gasteiger charge is -2.61. The summed E-state index contributed by atoms with van der Waals surface area (Å²) in [7, 11) is -9.53. The molecule has 0 aliphatic rings. The van der Waals surface area contributed by atoms with E-state index in [1.54, 1.807) is 0 Å². The highest BCUT2D eigenvalue weighted by molar-refractivity contribution is 8.11. The van der Waals surface area contributed by atoms with Crippen LogP contribution in [0, 0.1) is 0 Å². The lowest BCUT2D eigenvalue weighted by Crippen LogP contribution is -2.71. The summed E-state index contributed by atoms with van der Waals surface area (Å²) in [5, 5.41) is -7.90. The molecule has 0 fully saturated rings. The molecule has 3 nitrogen and oxygen atoms in total. The van der Waals surface area contributed by atoms with E-state index in [0.29, 0.717) is 0 Å². The van der Waals surface area contributed by atoms with Crippen molar-refractivity contribution in [2.24, 2.45) is 0 Å². The number of halogens is 12. The van der Waals surface area contributed by atoms with Gasteiger partial charge in [-0.05, 0) is 0 Å². The van der Waals surface area contributed by atoms with Crippen LogP contribution in [0.15, 0.2) is 0 Å². The van der Waals surface area contributed by atoms with Gasteiger partial charge in [-0.15, -0.1) is 9.63 Å². The van der Waals surface area contributed by atoms with Crippen molar-refractivity contribution in [1.82, 2.24) is 0 Å². The van der Waals surface area contributed by atoms with Crippen LogP contribution in [0.3, 0.4) is 0 Å². The summed E-state index contributed by atoms with van der Waals surface area (Å²) in [5.74, 6) is -20.1. The first-order valence-corrected chi connectivity index (χ1v) is 6.35. The lowest BCUT2D eigenvalue weighted by molar-refractivity contribution is -0.384. The average molecular weight is 382 g/mol. The first kappa shape index (κ1) is 21.2. The molecule has 0 aromatic rings. The van der Waals surface area contributed by atoms with Crippen LogP contribution >= 0.6 is 0 Å². The molecule has 22 heavy (non-hydrogen) atoms. The van der Waals surface area contributed by atoms with Gasteiger partial charge in [-0.2, -0.15) is 52.7 Å². The fourth-order valence-electron chi connectivity index (χ4n) is 0.981. The van der Waals surface area contributed by atoms with Crippen molar-refractivity contribution in [3.63, 3.8) is 0 Å².